The van der Waals surface area contributed by atoms with E-state index in [2.05, 4.69) is 53.5 Å². The Morgan fingerprint density at radius 1 is 1.33 bits per heavy atom. The highest BCUT2D eigenvalue weighted by Gasteiger charge is 2.08. The van der Waals surface area contributed by atoms with Crippen LogP contribution >= 0.6 is 0 Å². The second-order valence-electron chi connectivity index (χ2n) is 4.54. The summed E-state index contributed by atoms with van der Waals surface area (Å²) >= 11 is 0. The van der Waals surface area contributed by atoms with Gasteiger partial charge in [-0.15, -0.1) is 6.58 Å². The molecule has 0 saturated heterocycles. The Labute approximate surface area is 108 Å². The molecule has 3 heteroatoms. The molecule has 0 aliphatic carbocycles. The monoisotopic (exact) mass is 241 g/mol. The van der Waals surface area contributed by atoms with Crippen LogP contribution in [0.1, 0.15) is 16.8 Å². The molecule has 0 aliphatic heterocycles. The molecule has 1 N–H and O–H groups in total. The molecular weight excluding hydrogens is 222 g/mol. The van der Waals surface area contributed by atoms with Crippen molar-refractivity contribution in [2.24, 2.45) is 0 Å². The van der Waals surface area contributed by atoms with Crippen molar-refractivity contribution in [2.45, 2.75) is 20.8 Å². The summed E-state index contributed by atoms with van der Waals surface area (Å²) in [6.45, 7) is 10.6. The minimum Gasteiger partial charge on any atom is -0.352 e. The van der Waals surface area contributed by atoms with Crippen molar-refractivity contribution in [2.75, 3.05) is 11.9 Å². The first kappa shape index (κ1) is 12.4. The van der Waals surface area contributed by atoms with E-state index in [0.717, 1.165) is 17.3 Å². The number of benzene rings is 1. The molecule has 0 aliphatic rings. The van der Waals surface area contributed by atoms with Gasteiger partial charge in [-0.3, -0.25) is 4.57 Å². The topological polar surface area (TPSA) is 29.9 Å². The number of nitrogens with zero attached hydrogens (tertiary/aromatic N) is 2. The molecular formula is C15H19N3. The van der Waals surface area contributed by atoms with Crippen LogP contribution in [0.15, 0.2) is 37.1 Å². The van der Waals surface area contributed by atoms with Crippen LogP contribution in [0, 0.1) is 20.8 Å². The Kier molecular flexibility index (Phi) is 3.51. The lowest BCUT2D eigenvalue weighted by Crippen LogP contribution is -2.06. The summed E-state index contributed by atoms with van der Waals surface area (Å²) in [5.41, 5.74) is 4.68. The summed E-state index contributed by atoms with van der Waals surface area (Å²) in [4.78, 5) is 4.49. The van der Waals surface area contributed by atoms with Crippen LogP contribution in [-0.4, -0.2) is 16.1 Å². The molecule has 94 valence electrons. The van der Waals surface area contributed by atoms with E-state index in [9.17, 15) is 0 Å². The number of hydrogen-bond donors (Lipinski definition) is 1. The van der Waals surface area contributed by atoms with Gasteiger partial charge in [0, 0.05) is 12.7 Å². The standard InChI is InChI=1S/C15H19N3/c1-5-8-16-15-17-13(4)10-18(15)14-7-6-11(2)9-12(14)3/h5-7,9-10H,1,8H2,2-4H3,(H,16,17). The fourth-order valence-corrected chi connectivity index (χ4v) is 2.05. The van der Waals surface area contributed by atoms with Crippen LogP contribution in [0.25, 0.3) is 5.69 Å². The summed E-state index contributed by atoms with van der Waals surface area (Å²) in [6.07, 6.45) is 3.87. The zero-order chi connectivity index (χ0) is 13.1. The molecule has 0 fully saturated rings. The van der Waals surface area contributed by atoms with E-state index in [1.54, 1.807) is 0 Å². The van der Waals surface area contributed by atoms with Crippen LogP contribution in [0.4, 0.5) is 5.95 Å². The highest BCUT2D eigenvalue weighted by atomic mass is 15.2. The lowest BCUT2D eigenvalue weighted by molar-refractivity contribution is 1.02. The molecule has 2 aromatic rings. The van der Waals surface area contributed by atoms with Gasteiger partial charge >= 0.3 is 0 Å². The molecule has 0 amide bonds. The van der Waals surface area contributed by atoms with Crippen LogP contribution in [0.2, 0.25) is 0 Å². The Hall–Kier alpha value is -2.03. The molecule has 0 radical (unpaired) electrons. The largest absolute Gasteiger partial charge is 0.352 e. The lowest BCUT2D eigenvalue weighted by atomic mass is 10.1. The third kappa shape index (κ3) is 2.45. The summed E-state index contributed by atoms with van der Waals surface area (Å²) in [6, 6.07) is 6.43. The van der Waals surface area contributed by atoms with Gasteiger partial charge in [0.05, 0.1) is 11.4 Å². The van der Waals surface area contributed by atoms with Crippen LogP contribution in [0.3, 0.4) is 0 Å². The molecule has 0 unspecified atom stereocenters. The van der Waals surface area contributed by atoms with Gasteiger partial charge in [-0.2, -0.15) is 0 Å². The lowest BCUT2D eigenvalue weighted by Gasteiger charge is -2.11. The molecule has 1 aromatic carbocycles. The van der Waals surface area contributed by atoms with Crippen molar-refractivity contribution in [3.05, 3.63) is 53.9 Å². The zero-order valence-electron chi connectivity index (χ0n) is 11.2. The summed E-state index contributed by atoms with van der Waals surface area (Å²) in [5.74, 6) is 0.861. The van der Waals surface area contributed by atoms with Crippen LogP contribution in [0.5, 0.6) is 0 Å². The van der Waals surface area contributed by atoms with Crippen LogP contribution < -0.4 is 5.32 Å². The SMILES string of the molecule is C=CCNc1nc(C)cn1-c1ccc(C)cc1C. The Bertz CT molecular complexity index is 567. The van der Waals surface area contributed by atoms with Crippen molar-refractivity contribution in [1.82, 2.24) is 9.55 Å². The summed E-state index contributed by atoms with van der Waals surface area (Å²) < 4.78 is 2.09. The van der Waals surface area contributed by atoms with Gasteiger partial charge in [0.1, 0.15) is 0 Å². The van der Waals surface area contributed by atoms with Crippen molar-refractivity contribution in [3.63, 3.8) is 0 Å². The van der Waals surface area contributed by atoms with Gasteiger partial charge in [0.15, 0.2) is 0 Å². The van der Waals surface area contributed by atoms with E-state index < -0.39 is 0 Å². The first-order valence-corrected chi connectivity index (χ1v) is 6.10. The maximum Gasteiger partial charge on any atom is 0.207 e. The van der Waals surface area contributed by atoms with Crippen molar-refractivity contribution < 1.29 is 0 Å². The van der Waals surface area contributed by atoms with Crippen LogP contribution in [-0.2, 0) is 0 Å². The van der Waals surface area contributed by atoms with E-state index in [4.69, 9.17) is 0 Å². The number of aromatic nitrogens is 2. The molecule has 0 bridgehead atoms. The first-order chi connectivity index (χ1) is 8.61. The van der Waals surface area contributed by atoms with E-state index in [1.165, 1.54) is 11.1 Å². The Morgan fingerprint density at radius 3 is 2.78 bits per heavy atom. The maximum atomic E-state index is 4.49. The van der Waals surface area contributed by atoms with Gasteiger partial charge in [0.25, 0.3) is 0 Å². The fraction of sp³-hybridized carbons (Fsp3) is 0.267. The maximum absolute atomic E-state index is 4.49. The number of nitrogens with one attached hydrogen (secondary N) is 1. The number of hydrogen-bond acceptors (Lipinski definition) is 2. The predicted octanol–water partition coefficient (Wildman–Crippen LogP) is 3.40. The second kappa shape index (κ2) is 5.08. The molecule has 2 rings (SSSR count). The minimum atomic E-state index is 0.710. The van der Waals surface area contributed by atoms with Crippen molar-refractivity contribution in [1.29, 1.82) is 0 Å². The number of aryl methyl sites for hydroxylation is 3. The molecule has 1 heterocycles. The fourth-order valence-electron chi connectivity index (χ4n) is 2.05. The molecule has 18 heavy (non-hydrogen) atoms. The third-order valence-corrected chi connectivity index (χ3v) is 2.84. The van der Waals surface area contributed by atoms with Gasteiger partial charge in [0.2, 0.25) is 5.95 Å². The van der Waals surface area contributed by atoms with Gasteiger partial charge in [-0.1, -0.05) is 23.8 Å². The number of rotatable bonds is 4. The van der Waals surface area contributed by atoms with Gasteiger partial charge < -0.3 is 5.32 Å². The third-order valence-electron chi connectivity index (χ3n) is 2.84. The predicted molar refractivity (Wildman–Crippen MR) is 76.5 cm³/mol. The molecule has 0 spiro atoms. The molecule has 0 saturated carbocycles. The molecule has 3 nitrogen and oxygen atoms in total. The highest BCUT2D eigenvalue weighted by molar-refractivity contribution is 5.49. The van der Waals surface area contributed by atoms with E-state index in [1.807, 2.05) is 19.2 Å². The zero-order valence-corrected chi connectivity index (χ0v) is 11.2. The van der Waals surface area contributed by atoms with E-state index >= 15 is 0 Å². The number of imidazole rings is 1. The number of anilines is 1. The van der Waals surface area contributed by atoms with E-state index in [-0.39, 0.29) is 0 Å². The molecule has 1 aromatic heterocycles. The van der Waals surface area contributed by atoms with E-state index in [0.29, 0.717) is 6.54 Å². The average molecular weight is 241 g/mol. The highest BCUT2D eigenvalue weighted by Crippen LogP contribution is 2.20. The minimum absolute atomic E-state index is 0.710. The molecule has 0 atom stereocenters. The smallest absolute Gasteiger partial charge is 0.207 e. The van der Waals surface area contributed by atoms with Gasteiger partial charge in [-0.25, -0.2) is 4.98 Å². The Balaban J connectivity index is 2.45. The summed E-state index contributed by atoms with van der Waals surface area (Å²) in [5, 5.41) is 3.26. The van der Waals surface area contributed by atoms with Gasteiger partial charge in [-0.05, 0) is 32.4 Å². The average Bonchev–Trinajstić information content (AvgIpc) is 2.67. The normalized spacial score (nSPS) is 10.4. The van der Waals surface area contributed by atoms with Crippen molar-refractivity contribution >= 4 is 5.95 Å². The van der Waals surface area contributed by atoms with Crippen molar-refractivity contribution in [3.8, 4) is 5.69 Å². The Morgan fingerprint density at radius 2 is 2.11 bits per heavy atom. The summed E-state index contributed by atoms with van der Waals surface area (Å²) in [7, 11) is 0. The second-order valence-corrected chi connectivity index (χ2v) is 4.54. The first-order valence-electron chi connectivity index (χ1n) is 6.10. The quantitative estimate of drug-likeness (QED) is 0.831.